The van der Waals surface area contributed by atoms with E-state index < -0.39 is 0 Å². The fourth-order valence-corrected chi connectivity index (χ4v) is 4.58. The molecule has 0 unspecified atom stereocenters. The van der Waals surface area contributed by atoms with Crippen molar-refractivity contribution in [3.05, 3.63) is 70.4 Å². The standard InChI is InChI=1S/C22H21ClN4S/c1-4-27-21(16-10-6-5-9-14(16)2)25-26-22(27)28-13-19-20(23)15(3)17-11-7-8-12-18(17)24-19/h5-12H,4,13H2,1-3H3. The van der Waals surface area contributed by atoms with Crippen molar-refractivity contribution < 1.29 is 0 Å². The monoisotopic (exact) mass is 408 g/mol. The third kappa shape index (κ3) is 3.40. The molecule has 0 aliphatic rings. The molecule has 0 bridgehead atoms. The fourth-order valence-electron chi connectivity index (χ4n) is 3.35. The van der Waals surface area contributed by atoms with Gasteiger partial charge in [-0.05, 0) is 38.0 Å². The lowest BCUT2D eigenvalue weighted by atomic mass is 10.1. The molecule has 0 radical (unpaired) electrons. The smallest absolute Gasteiger partial charge is 0.191 e. The highest BCUT2D eigenvalue weighted by molar-refractivity contribution is 7.98. The number of hydrogen-bond acceptors (Lipinski definition) is 4. The number of fused-ring (bicyclic) bond motifs is 1. The van der Waals surface area contributed by atoms with Crippen LogP contribution in [-0.2, 0) is 12.3 Å². The van der Waals surface area contributed by atoms with Crippen LogP contribution in [-0.4, -0.2) is 19.7 Å². The van der Waals surface area contributed by atoms with E-state index in [9.17, 15) is 0 Å². The van der Waals surface area contributed by atoms with Crippen molar-refractivity contribution in [1.82, 2.24) is 19.7 Å². The van der Waals surface area contributed by atoms with Crippen LogP contribution in [0.25, 0.3) is 22.3 Å². The van der Waals surface area contributed by atoms with Crippen LogP contribution in [0.15, 0.2) is 53.7 Å². The maximum atomic E-state index is 6.62. The Hall–Kier alpha value is -2.37. The third-order valence-electron chi connectivity index (χ3n) is 4.90. The summed E-state index contributed by atoms with van der Waals surface area (Å²) in [7, 11) is 0. The molecule has 28 heavy (non-hydrogen) atoms. The first-order valence-corrected chi connectivity index (χ1v) is 10.6. The molecule has 4 nitrogen and oxygen atoms in total. The minimum Gasteiger partial charge on any atom is -0.302 e. The van der Waals surface area contributed by atoms with E-state index in [2.05, 4.69) is 46.8 Å². The second-order valence-corrected chi connectivity index (χ2v) is 7.99. The summed E-state index contributed by atoms with van der Waals surface area (Å²) in [5.74, 6) is 1.55. The summed E-state index contributed by atoms with van der Waals surface area (Å²) >= 11 is 8.24. The first-order valence-electron chi connectivity index (χ1n) is 9.26. The van der Waals surface area contributed by atoms with Gasteiger partial charge in [0.05, 0.1) is 16.2 Å². The van der Waals surface area contributed by atoms with Gasteiger partial charge in [-0.1, -0.05) is 65.8 Å². The van der Waals surface area contributed by atoms with Gasteiger partial charge in [0.25, 0.3) is 0 Å². The third-order valence-corrected chi connectivity index (χ3v) is 6.38. The Bertz CT molecular complexity index is 1150. The lowest BCUT2D eigenvalue weighted by Crippen LogP contribution is -2.01. The summed E-state index contributed by atoms with van der Waals surface area (Å²) in [6.45, 7) is 7.06. The van der Waals surface area contributed by atoms with Crippen molar-refractivity contribution in [2.75, 3.05) is 0 Å². The average molecular weight is 409 g/mol. The number of aryl methyl sites for hydroxylation is 2. The van der Waals surface area contributed by atoms with Crippen LogP contribution in [0.2, 0.25) is 5.02 Å². The quantitative estimate of drug-likeness (QED) is 0.375. The van der Waals surface area contributed by atoms with E-state index in [4.69, 9.17) is 16.6 Å². The number of benzene rings is 2. The van der Waals surface area contributed by atoms with E-state index in [-0.39, 0.29) is 0 Å². The average Bonchev–Trinajstić information content (AvgIpc) is 3.12. The number of rotatable bonds is 5. The van der Waals surface area contributed by atoms with Gasteiger partial charge in [-0.15, -0.1) is 10.2 Å². The Morgan fingerprint density at radius 3 is 2.54 bits per heavy atom. The van der Waals surface area contributed by atoms with Gasteiger partial charge >= 0.3 is 0 Å². The first kappa shape index (κ1) is 19.0. The maximum Gasteiger partial charge on any atom is 0.191 e. The second-order valence-electron chi connectivity index (χ2n) is 6.67. The Morgan fingerprint density at radius 1 is 1.00 bits per heavy atom. The summed E-state index contributed by atoms with van der Waals surface area (Å²) < 4.78 is 2.15. The SMILES string of the molecule is CCn1c(SCc2nc3ccccc3c(C)c2Cl)nnc1-c1ccccc1C. The fraction of sp³-hybridized carbons (Fsp3) is 0.227. The zero-order chi connectivity index (χ0) is 19.7. The molecule has 0 N–H and O–H groups in total. The molecule has 0 atom stereocenters. The van der Waals surface area contributed by atoms with E-state index in [0.717, 1.165) is 50.3 Å². The Labute approximate surface area is 174 Å². The van der Waals surface area contributed by atoms with Crippen molar-refractivity contribution in [2.24, 2.45) is 0 Å². The van der Waals surface area contributed by atoms with Crippen molar-refractivity contribution in [3.63, 3.8) is 0 Å². The van der Waals surface area contributed by atoms with E-state index in [0.29, 0.717) is 5.75 Å². The minimum absolute atomic E-state index is 0.649. The van der Waals surface area contributed by atoms with Gasteiger partial charge in [-0.3, -0.25) is 4.98 Å². The van der Waals surface area contributed by atoms with Crippen LogP contribution in [0.1, 0.15) is 23.7 Å². The maximum absolute atomic E-state index is 6.62. The molecule has 0 fully saturated rings. The van der Waals surface area contributed by atoms with Gasteiger partial charge in [-0.25, -0.2) is 0 Å². The number of aromatic nitrogens is 4. The van der Waals surface area contributed by atoms with Crippen LogP contribution >= 0.6 is 23.4 Å². The highest BCUT2D eigenvalue weighted by Gasteiger charge is 2.16. The van der Waals surface area contributed by atoms with Gasteiger partial charge in [0.15, 0.2) is 11.0 Å². The van der Waals surface area contributed by atoms with E-state index in [1.54, 1.807) is 11.8 Å². The van der Waals surface area contributed by atoms with Gasteiger partial charge < -0.3 is 4.57 Å². The zero-order valence-electron chi connectivity index (χ0n) is 16.1. The van der Waals surface area contributed by atoms with Crippen molar-refractivity contribution in [1.29, 1.82) is 0 Å². The van der Waals surface area contributed by atoms with Crippen molar-refractivity contribution in [3.8, 4) is 11.4 Å². The molecule has 2 heterocycles. The normalized spacial score (nSPS) is 11.3. The highest BCUT2D eigenvalue weighted by Crippen LogP contribution is 2.32. The van der Waals surface area contributed by atoms with E-state index in [1.807, 2.05) is 37.3 Å². The van der Waals surface area contributed by atoms with Crippen LogP contribution in [0, 0.1) is 13.8 Å². The summed E-state index contributed by atoms with van der Waals surface area (Å²) in [4.78, 5) is 4.78. The predicted molar refractivity (Wildman–Crippen MR) is 117 cm³/mol. The molecular weight excluding hydrogens is 388 g/mol. The highest BCUT2D eigenvalue weighted by atomic mass is 35.5. The molecule has 0 aliphatic carbocycles. The molecule has 0 saturated heterocycles. The van der Waals surface area contributed by atoms with Crippen LogP contribution in [0.3, 0.4) is 0 Å². The lowest BCUT2D eigenvalue weighted by Gasteiger charge is -2.11. The molecule has 6 heteroatoms. The van der Waals surface area contributed by atoms with Crippen molar-refractivity contribution in [2.45, 2.75) is 38.2 Å². The predicted octanol–water partition coefficient (Wildman–Crippen LogP) is 6.08. The molecule has 4 aromatic rings. The molecule has 0 spiro atoms. The summed E-state index contributed by atoms with van der Waals surface area (Å²) in [6.07, 6.45) is 0. The second kappa shape index (κ2) is 7.94. The van der Waals surface area contributed by atoms with E-state index in [1.165, 1.54) is 5.56 Å². The summed E-state index contributed by atoms with van der Waals surface area (Å²) in [5, 5.41) is 11.6. The lowest BCUT2D eigenvalue weighted by molar-refractivity contribution is 0.687. The first-order chi connectivity index (χ1) is 13.6. The van der Waals surface area contributed by atoms with Crippen LogP contribution in [0.5, 0.6) is 0 Å². The number of nitrogens with zero attached hydrogens (tertiary/aromatic N) is 4. The van der Waals surface area contributed by atoms with Gasteiger partial charge in [-0.2, -0.15) is 0 Å². The summed E-state index contributed by atoms with van der Waals surface area (Å²) in [5.41, 5.74) is 5.22. The van der Waals surface area contributed by atoms with E-state index >= 15 is 0 Å². The molecule has 0 aliphatic heterocycles. The van der Waals surface area contributed by atoms with Gasteiger partial charge in [0.1, 0.15) is 0 Å². The number of halogens is 1. The molecule has 0 amide bonds. The Balaban J connectivity index is 1.65. The number of pyridine rings is 1. The number of hydrogen-bond donors (Lipinski definition) is 0. The Kier molecular flexibility index (Phi) is 5.38. The molecule has 142 valence electrons. The van der Waals surface area contributed by atoms with Crippen LogP contribution < -0.4 is 0 Å². The van der Waals surface area contributed by atoms with Crippen molar-refractivity contribution >= 4 is 34.3 Å². The van der Waals surface area contributed by atoms with Gasteiger partial charge in [0, 0.05) is 23.2 Å². The largest absolute Gasteiger partial charge is 0.302 e. The Morgan fingerprint density at radius 2 is 1.75 bits per heavy atom. The zero-order valence-corrected chi connectivity index (χ0v) is 17.7. The molecule has 2 aromatic carbocycles. The molecule has 2 aromatic heterocycles. The van der Waals surface area contributed by atoms with Crippen LogP contribution in [0.4, 0.5) is 0 Å². The number of thioether (sulfide) groups is 1. The number of para-hydroxylation sites is 1. The topological polar surface area (TPSA) is 43.6 Å². The molecule has 0 saturated carbocycles. The minimum atomic E-state index is 0.649. The summed E-state index contributed by atoms with van der Waals surface area (Å²) in [6, 6.07) is 16.4. The molecule has 4 rings (SSSR count). The van der Waals surface area contributed by atoms with Gasteiger partial charge in [0.2, 0.25) is 0 Å². The molecular formula is C22H21ClN4S.